The molecule has 0 aliphatic carbocycles. The van der Waals surface area contributed by atoms with Crippen LogP contribution >= 0.6 is 11.3 Å². The molecule has 1 N–H and O–H groups in total. The van der Waals surface area contributed by atoms with Gasteiger partial charge in [0.15, 0.2) is 0 Å². The molecule has 2 heterocycles. The summed E-state index contributed by atoms with van der Waals surface area (Å²) in [7, 11) is 1.67. The number of rotatable bonds is 4. The highest BCUT2D eigenvalue weighted by molar-refractivity contribution is 7.12. The maximum Gasteiger partial charge on any atom is 0.268 e. The fourth-order valence-electron chi connectivity index (χ4n) is 2.27. The number of hydrogen-bond donors (Lipinski definition) is 1. The van der Waals surface area contributed by atoms with E-state index in [9.17, 15) is 9.59 Å². The molecule has 0 spiro atoms. The number of thiophene rings is 1. The third-order valence-corrected chi connectivity index (χ3v) is 4.34. The van der Waals surface area contributed by atoms with Crippen LogP contribution in [0, 0.1) is 0 Å². The molecule has 2 amide bonds. The van der Waals surface area contributed by atoms with Crippen LogP contribution in [-0.4, -0.2) is 23.8 Å². The third kappa shape index (κ3) is 3.33. The molecule has 6 heteroatoms. The van der Waals surface area contributed by atoms with Crippen LogP contribution in [0.15, 0.2) is 66.3 Å². The average molecular weight is 337 g/mol. The number of pyridine rings is 1. The number of amides is 2. The number of nitrogens with one attached hydrogen (secondary N) is 1. The first-order valence-corrected chi connectivity index (χ1v) is 8.17. The second kappa shape index (κ2) is 7.06. The normalized spacial score (nSPS) is 10.2. The van der Waals surface area contributed by atoms with Crippen LogP contribution in [0.3, 0.4) is 0 Å². The van der Waals surface area contributed by atoms with E-state index in [1.54, 1.807) is 61.9 Å². The van der Waals surface area contributed by atoms with E-state index < -0.39 is 0 Å². The minimum absolute atomic E-state index is 0.144. The average Bonchev–Trinajstić information content (AvgIpc) is 3.16. The second-order valence-electron chi connectivity index (χ2n) is 5.05. The highest BCUT2D eigenvalue weighted by Crippen LogP contribution is 2.23. The van der Waals surface area contributed by atoms with E-state index in [2.05, 4.69) is 10.3 Å². The zero-order valence-electron chi connectivity index (χ0n) is 13.0. The molecule has 0 aliphatic heterocycles. The summed E-state index contributed by atoms with van der Waals surface area (Å²) in [6, 6.07) is 14.0. The standard InChI is InChI=1S/C18H15N3O2S/c1-21(18(23)16-7-4-12-24-16)15-6-3-2-5-14(15)17(22)20-13-8-10-19-11-9-13/h2-12H,1H3,(H,19,20,22). The summed E-state index contributed by atoms with van der Waals surface area (Å²) in [5, 5.41) is 4.66. The number of anilines is 2. The molecule has 5 nitrogen and oxygen atoms in total. The molecule has 24 heavy (non-hydrogen) atoms. The van der Waals surface area contributed by atoms with Crippen molar-refractivity contribution in [1.29, 1.82) is 0 Å². The largest absolute Gasteiger partial charge is 0.322 e. The molecule has 0 radical (unpaired) electrons. The Hall–Kier alpha value is -2.99. The molecule has 0 atom stereocenters. The lowest BCUT2D eigenvalue weighted by molar-refractivity contribution is 0.0996. The van der Waals surface area contributed by atoms with Gasteiger partial charge in [-0.25, -0.2) is 0 Å². The van der Waals surface area contributed by atoms with E-state index >= 15 is 0 Å². The number of carbonyl (C=O) groups excluding carboxylic acids is 2. The van der Waals surface area contributed by atoms with Crippen molar-refractivity contribution in [1.82, 2.24) is 4.98 Å². The zero-order chi connectivity index (χ0) is 16.9. The highest BCUT2D eigenvalue weighted by atomic mass is 32.1. The van der Waals surface area contributed by atoms with E-state index in [4.69, 9.17) is 0 Å². The van der Waals surface area contributed by atoms with Gasteiger partial charge in [-0.2, -0.15) is 0 Å². The van der Waals surface area contributed by atoms with Gasteiger partial charge in [-0.05, 0) is 35.7 Å². The van der Waals surface area contributed by atoms with Gasteiger partial charge in [0.1, 0.15) is 0 Å². The monoisotopic (exact) mass is 337 g/mol. The Labute approximate surface area is 143 Å². The van der Waals surface area contributed by atoms with Gasteiger partial charge >= 0.3 is 0 Å². The smallest absolute Gasteiger partial charge is 0.268 e. The fraction of sp³-hybridized carbons (Fsp3) is 0.0556. The van der Waals surface area contributed by atoms with E-state index in [-0.39, 0.29) is 11.8 Å². The predicted octanol–water partition coefficient (Wildman–Crippen LogP) is 3.67. The van der Waals surface area contributed by atoms with Gasteiger partial charge < -0.3 is 10.2 Å². The molecule has 120 valence electrons. The van der Waals surface area contributed by atoms with E-state index in [1.807, 2.05) is 11.4 Å². The number of nitrogens with zero attached hydrogens (tertiary/aromatic N) is 2. The number of aromatic nitrogens is 1. The van der Waals surface area contributed by atoms with Gasteiger partial charge in [0.25, 0.3) is 11.8 Å². The van der Waals surface area contributed by atoms with Crippen molar-refractivity contribution in [2.45, 2.75) is 0 Å². The van der Waals surface area contributed by atoms with Gasteiger partial charge in [-0.3, -0.25) is 14.6 Å². The minimum atomic E-state index is -0.275. The Bertz CT molecular complexity index is 848. The minimum Gasteiger partial charge on any atom is -0.322 e. The molecule has 3 rings (SSSR count). The lowest BCUT2D eigenvalue weighted by Crippen LogP contribution is -2.28. The lowest BCUT2D eigenvalue weighted by atomic mass is 10.1. The third-order valence-electron chi connectivity index (χ3n) is 3.48. The van der Waals surface area contributed by atoms with Gasteiger partial charge in [-0.1, -0.05) is 18.2 Å². The topological polar surface area (TPSA) is 62.3 Å². The predicted molar refractivity (Wildman–Crippen MR) is 95.7 cm³/mol. The molecule has 0 unspecified atom stereocenters. The first-order chi connectivity index (χ1) is 11.7. The first-order valence-electron chi connectivity index (χ1n) is 7.29. The SMILES string of the molecule is CN(C(=O)c1cccs1)c1ccccc1C(=O)Nc1ccncc1. The molecule has 3 aromatic rings. The summed E-state index contributed by atoms with van der Waals surface area (Å²) in [6.45, 7) is 0. The molecular formula is C18H15N3O2S. The Kier molecular flexibility index (Phi) is 4.67. The maximum atomic E-state index is 12.6. The summed E-state index contributed by atoms with van der Waals surface area (Å²) in [5.41, 5.74) is 1.64. The molecule has 0 saturated heterocycles. The van der Waals surface area contributed by atoms with Crippen molar-refractivity contribution in [2.24, 2.45) is 0 Å². The van der Waals surface area contributed by atoms with Crippen LogP contribution in [0.25, 0.3) is 0 Å². The summed E-state index contributed by atoms with van der Waals surface area (Å²) >= 11 is 1.37. The number of hydrogen-bond acceptors (Lipinski definition) is 4. The molecule has 2 aromatic heterocycles. The molecule has 0 bridgehead atoms. The summed E-state index contributed by atoms with van der Waals surface area (Å²) < 4.78 is 0. The molecular weight excluding hydrogens is 322 g/mol. The molecule has 0 fully saturated rings. The Morgan fingerprint density at radius 3 is 2.50 bits per heavy atom. The zero-order valence-corrected chi connectivity index (χ0v) is 13.8. The summed E-state index contributed by atoms with van der Waals surface area (Å²) in [5.74, 6) is -0.420. The van der Waals surface area contributed by atoms with Crippen LogP contribution in [0.1, 0.15) is 20.0 Å². The quantitative estimate of drug-likeness (QED) is 0.790. The van der Waals surface area contributed by atoms with Crippen molar-refractivity contribution in [3.05, 3.63) is 76.7 Å². The Balaban J connectivity index is 1.87. The number of para-hydroxylation sites is 1. The van der Waals surface area contributed by atoms with Crippen molar-refractivity contribution < 1.29 is 9.59 Å². The van der Waals surface area contributed by atoms with Gasteiger partial charge in [-0.15, -0.1) is 11.3 Å². The second-order valence-corrected chi connectivity index (χ2v) is 6.00. The van der Waals surface area contributed by atoms with E-state index in [0.717, 1.165) is 0 Å². The summed E-state index contributed by atoms with van der Waals surface area (Å²) in [4.78, 5) is 31.2. The van der Waals surface area contributed by atoms with Gasteiger partial charge in [0, 0.05) is 25.1 Å². The van der Waals surface area contributed by atoms with Crippen molar-refractivity contribution in [3.63, 3.8) is 0 Å². The van der Waals surface area contributed by atoms with Crippen LogP contribution in [-0.2, 0) is 0 Å². The van der Waals surface area contributed by atoms with Gasteiger partial charge in [0.05, 0.1) is 16.1 Å². The van der Waals surface area contributed by atoms with Crippen molar-refractivity contribution >= 4 is 34.5 Å². The fourth-order valence-corrected chi connectivity index (χ4v) is 2.97. The van der Waals surface area contributed by atoms with Crippen LogP contribution in [0.4, 0.5) is 11.4 Å². The van der Waals surface area contributed by atoms with Crippen molar-refractivity contribution in [2.75, 3.05) is 17.3 Å². The number of carbonyl (C=O) groups is 2. The Morgan fingerprint density at radius 1 is 1.04 bits per heavy atom. The van der Waals surface area contributed by atoms with Crippen LogP contribution in [0.2, 0.25) is 0 Å². The molecule has 0 aliphatic rings. The van der Waals surface area contributed by atoms with Gasteiger partial charge in [0.2, 0.25) is 0 Å². The van der Waals surface area contributed by atoms with E-state index in [1.165, 1.54) is 16.2 Å². The van der Waals surface area contributed by atoms with Crippen LogP contribution in [0.5, 0.6) is 0 Å². The molecule has 1 aromatic carbocycles. The van der Waals surface area contributed by atoms with Crippen LogP contribution < -0.4 is 10.2 Å². The summed E-state index contributed by atoms with van der Waals surface area (Å²) in [6.07, 6.45) is 3.21. The number of benzene rings is 1. The lowest BCUT2D eigenvalue weighted by Gasteiger charge is -2.19. The molecule has 0 saturated carbocycles. The van der Waals surface area contributed by atoms with E-state index in [0.29, 0.717) is 21.8 Å². The maximum absolute atomic E-state index is 12.6. The first kappa shape index (κ1) is 15.9. The Morgan fingerprint density at radius 2 is 1.79 bits per heavy atom. The highest BCUT2D eigenvalue weighted by Gasteiger charge is 2.20. The van der Waals surface area contributed by atoms with Crippen molar-refractivity contribution in [3.8, 4) is 0 Å².